The van der Waals surface area contributed by atoms with E-state index in [0.29, 0.717) is 0 Å². The van der Waals surface area contributed by atoms with Gasteiger partial charge in [-0.1, -0.05) is 13.0 Å². The van der Waals surface area contributed by atoms with Crippen LogP contribution in [0.25, 0.3) is 0 Å². The smallest absolute Gasteiger partial charge is 0.136 e. The van der Waals surface area contributed by atoms with Gasteiger partial charge in [0.05, 0.1) is 7.11 Å². The quantitative estimate of drug-likeness (QED) is 0.766. The number of amidine groups is 1. The van der Waals surface area contributed by atoms with E-state index in [9.17, 15) is 0 Å². The van der Waals surface area contributed by atoms with Crippen LogP contribution >= 0.6 is 0 Å². The van der Waals surface area contributed by atoms with E-state index in [1.807, 2.05) is 24.4 Å². The van der Waals surface area contributed by atoms with Crippen molar-refractivity contribution >= 4 is 5.84 Å². The summed E-state index contributed by atoms with van der Waals surface area (Å²) in [5.41, 5.74) is 7.15. The van der Waals surface area contributed by atoms with E-state index >= 15 is 0 Å². The minimum atomic E-state index is 0.874. The first-order valence-electron chi connectivity index (χ1n) is 6.91. The Balaban J connectivity index is 1.84. The summed E-state index contributed by atoms with van der Waals surface area (Å²) in [5.74, 6) is 1.89. The molecule has 0 fully saturated rings. The van der Waals surface area contributed by atoms with Gasteiger partial charge in [0.1, 0.15) is 11.6 Å². The molecule has 0 aliphatic carbocycles. The molecule has 0 bridgehead atoms. The Bertz CT molecular complexity index is 649. The van der Waals surface area contributed by atoms with Crippen LogP contribution in [-0.4, -0.2) is 17.8 Å². The molecule has 3 rings (SSSR count). The van der Waals surface area contributed by atoms with E-state index < -0.39 is 0 Å². The summed E-state index contributed by atoms with van der Waals surface area (Å²) >= 11 is 0. The molecule has 0 atom stereocenters. The summed E-state index contributed by atoms with van der Waals surface area (Å²) < 4.78 is 5.29. The Hall–Kier alpha value is -2.25. The zero-order chi connectivity index (χ0) is 13.9. The lowest BCUT2D eigenvalue weighted by molar-refractivity contribution is 0.413. The second kappa shape index (κ2) is 5.40. The predicted octanol–water partition coefficient (Wildman–Crippen LogP) is 3.43. The van der Waals surface area contributed by atoms with Crippen molar-refractivity contribution in [3.05, 3.63) is 59.0 Å². The van der Waals surface area contributed by atoms with Crippen molar-refractivity contribution in [1.82, 2.24) is 4.90 Å². The molecule has 3 heteroatoms. The molecule has 0 saturated heterocycles. The molecule has 2 aliphatic rings. The van der Waals surface area contributed by atoms with Crippen molar-refractivity contribution in [1.29, 1.82) is 0 Å². The largest absolute Gasteiger partial charge is 0.497 e. The first-order chi connectivity index (χ1) is 9.80. The molecular formula is C17H18N2O. The number of hydrogen-bond donors (Lipinski definition) is 0. The standard InChI is InChI=1S/C17H18N2O/c1-3-13-4-7-17(18-9-8-13)19-11-14-5-6-16(20-2)10-15(14)12-19/h5-10H,3,11-12H2,1-2H3. The molecule has 1 aromatic rings. The fourth-order valence-electron chi connectivity index (χ4n) is 2.50. The lowest BCUT2D eigenvalue weighted by atomic mass is 10.1. The second-order valence-electron chi connectivity index (χ2n) is 4.96. The van der Waals surface area contributed by atoms with E-state index in [1.54, 1.807) is 7.11 Å². The zero-order valence-electron chi connectivity index (χ0n) is 11.9. The van der Waals surface area contributed by atoms with E-state index in [2.05, 4.69) is 34.7 Å². The fourth-order valence-corrected chi connectivity index (χ4v) is 2.50. The molecule has 0 spiro atoms. The van der Waals surface area contributed by atoms with Gasteiger partial charge >= 0.3 is 0 Å². The lowest BCUT2D eigenvalue weighted by Crippen LogP contribution is -2.23. The molecule has 20 heavy (non-hydrogen) atoms. The summed E-state index contributed by atoms with van der Waals surface area (Å²) in [6.07, 6.45) is 6.86. The van der Waals surface area contributed by atoms with Crippen LogP contribution in [0.2, 0.25) is 0 Å². The Morgan fingerprint density at radius 3 is 2.95 bits per heavy atom. The third-order valence-electron chi connectivity index (χ3n) is 3.71. The summed E-state index contributed by atoms with van der Waals surface area (Å²) in [5, 5.41) is 0. The van der Waals surface area contributed by atoms with E-state index in [1.165, 1.54) is 16.7 Å². The van der Waals surface area contributed by atoms with Gasteiger partial charge < -0.3 is 9.64 Å². The summed E-state index contributed by atoms with van der Waals surface area (Å²) in [6, 6.07) is 6.26. The molecule has 102 valence electrons. The van der Waals surface area contributed by atoms with Crippen LogP contribution in [0, 0.1) is 0 Å². The molecule has 0 unspecified atom stereocenters. The van der Waals surface area contributed by atoms with Gasteiger partial charge in [-0.3, -0.25) is 0 Å². The number of aliphatic imine (C=N–C) groups is 1. The van der Waals surface area contributed by atoms with E-state index in [-0.39, 0.29) is 0 Å². The molecule has 2 aliphatic heterocycles. The third-order valence-corrected chi connectivity index (χ3v) is 3.71. The lowest BCUT2D eigenvalue weighted by Gasteiger charge is -2.15. The number of nitrogens with zero attached hydrogens (tertiary/aromatic N) is 2. The average Bonchev–Trinajstić information content (AvgIpc) is 2.75. The zero-order valence-corrected chi connectivity index (χ0v) is 11.9. The monoisotopic (exact) mass is 266 g/mol. The van der Waals surface area contributed by atoms with Gasteiger partial charge in [-0.2, -0.15) is 0 Å². The van der Waals surface area contributed by atoms with Crippen molar-refractivity contribution in [2.45, 2.75) is 26.4 Å². The van der Waals surface area contributed by atoms with Crippen molar-refractivity contribution in [2.75, 3.05) is 7.11 Å². The molecular weight excluding hydrogens is 248 g/mol. The number of hydrogen-bond acceptors (Lipinski definition) is 3. The molecule has 1 aromatic carbocycles. The van der Waals surface area contributed by atoms with Crippen LogP contribution in [0.1, 0.15) is 24.5 Å². The van der Waals surface area contributed by atoms with Gasteiger partial charge in [0, 0.05) is 25.4 Å². The Morgan fingerprint density at radius 1 is 1.30 bits per heavy atom. The first kappa shape index (κ1) is 12.8. The molecule has 3 nitrogen and oxygen atoms in total. The minimum absolute atomic E-state index is 0.874. The fraction of sp³-hybridized carbons (Fsp3) is 0.294. The van der Waals surface area contributed by atoms with Crippen LogP contribution in [0.5, 0.6) is 5.75 Å². The van der Waals surface area contributed by atoms with Crippen LogP contribution in [0.3, 0.4) is 0 Å². The maximum absolute atomic E-state index is 5.29. The van der Waals surface area contributed by atoms with Gasteiger partial charge in [0.25, 0.3) is 0 Å². The highest BCUT2D eigenvalue weighted by atomic mass is 16.5. The van der Waals surface area contributed by atoms with Gasteiger partial charge in [0.2, 0.25) is 0 Å². The SMILES string of the molecule is CCC1=C=CC(N2Cc3ccc(OC)cc3C2)=NC=C1. The summed E-state index contributed by atoms with van der Waals surface area (Å²) in [4.78, 5) is 6.78. The molecule has 0 aromatic heterocycles. The molecule has 0 N–H and O–H groups in total. The topological polar surface area (TPSA) is 24.8 Å². The minimum Gasteiger partial charge on any atom is -0.497 e. The number of methoxy groups -OCH3 is 1. The average molecular weight is 266 g/mol. The van der Waals surface area contributed by atoms with Crippen molar-refractivity contribution in [2.24, 2.45) is 4.99 Å². The van der Waals surface area contributed by atoms with Gasteiger partial charge in [-0.15, -0.1) is 5.73 Å². The maximum atomic E-state index is 5.29. The van der Waals surface area contributed by atoms with Gasteiger partial charge in [0.15, 0.2) is 0 Å². The van der Waals surface area contributed by atoms with Crippen molar-refractivity contribution in [3.8, 4) is 5.75 Å². The van der Waals surface area contributed by atoms with Crippen molar-refractivity contribution in [3.63, 3.8) is 0 Å². The second-order valence-corrected chi connectivity index (χ2v) is 4.96. The highest BCUT2D eigenvalue weighted by Crippen LogP contribution is 2.27. The van der Waals surface area contributed by atoms with Gasteiger partial charge in [-0.25, -0.2) is 4.99 Å². The molecule has 0 radical (unpaired) electrons. The van der Waals surface area contributed by atoms with Crippen LogP contribution in [-0.2, 0) is 13.1 Å². The Morgan fingerprint density at radius 2 is 2.15 bits per heavy atom. The molecule has 0 amide bonds. The highest BCUT2D eigenvalue weighted by molar-refractivity contribution is 5.94. The Labute approximate surface area is 119 Å². The van der Waals surface area contributed by atoms with Crippen LogP contribution in [0.15, 0.2) is 52.8 Å². The third kappa shape index (κ3) is 2.40. The molecule has 0 saturated carbocycles. The van der Waals surface area contributed by atoms with Crippen LogP contribution < -0.4 is 4.74 Å². The van der Waals surface area contributed by atoms with E-state index in [0.717, 1.165) is 31.1 Å². The summed E-state index contributed by atoms with van der Waals surface area (Å²) in [7, 11) is 1.70. The predicted molar refractivity (Wildman–Crippen MR) is 80.7 cm³/mol. The summed E-state index contributed by atoms with van der Waals surface area (Å²) in [6.45, 7) is 3.90. The van der Waals surface area contributed by atoms with Crippen molar-refractivity contribution < 1.29 is 4.74 Å². The highest BCUT2D eigenvalue weighted by Gasteiger charge is 2.21. The van der Waals surface area contributed by atoms with Crippen LogP contribution in [0.4, 0.5) is 0 Å². The first-order valence-corrected chi connectivity index (χ1v) is 6.91. The number of fused-ring (bicyclic) bond motifs is 1. The van der Waals surface area contributed by atoms with E-state index in [4.69, 9.17) is 4.74 Å². The normalized spacial score (nSPS) is 16.6. The maximum Gasteiger partial charge on any atom is 0.136 e. The number of rotatable bonds is 2. The Kier molecular flexibility index (Phi) is 3.44. The number of allylic oxidation sites excluding steroid dienone is 1. The number of benzene rings is 1. The van der Waals surface area contributed by atoms with Gasteiger partial charge in [-0.05, 0) is 41.3 Å². The number of ether oxygens (including phenoxy) is 1. The molecule has 2 heterocycles.